The van der Waals surface area contributed by atoms with E-state index in [1.807, 2.05) is 36.1 Å². The van der Waals surface area contributed by atoms with Crippen LogP contribution < -0.4 is 10.6 Å². The molecule has 9 heteroatoms. The Labute approximate surface area is 195 Å². The number of piperazine rings is 1. The lowest BCUT2D eigenvalue weighted by atomic mass is 9.91. The van der Waals surface area contributed by atoms with E-state index < -0.39 is 0 Å². The maximum absolute atomic E-state index is 12.5. The van der Waals surface area contributed by atoms with Crippen molar-refractivity contribution in [3.63, 3.8) is 0 Å². The molecule has 4 N–H and O–H groups in total. The number of guanidine groups is 1. The van der Waals surface area contributed by atoms with Crippen LogP contribution in [0.1, 0.15) is 43.7 Å². The molecule has 1 aliphatic carbocycles. The monoisotopic (exact) mass is 453 g/mol. The first kappa shape index (κ1) is 24.6. The molecule has 1 aromatic carbocycles. The maximum Gasteiger partial charge on any atom is 0.234 e. The second-order valence-corrected chi connectivity index (χ2v) is 8.91. The first-order valence-corrected chi connectivity index (χ1v) is 11.6. The molecule has 0 unspecified atom stereocenters. The number of hydrogen-bond donors (Lipinski definition) is 4. The van der Waals surface area contributed by atoms with Gasteiger partial charge < -0.3 is 20.9 Å². The first-order chi connectivity index (χ1) is 15.8. The van der Waals surface area contributed by atoms with Crippen LogP contribution in [0.25, 0.3) is 0 Å². The van der Waals surface area contributed by atoms with Crippen LogP contribution in [-0.2, 0) is 9.59 Å². The molecule has 9 nitrogen and oxygen atoms in total. The summed E-state index contributed by atoms with van der Waals surface area (Å²) in [7, 11) is 0. The first-order valence-electron chi connectivity index (χ1n) is 11.6. The number of carbonyl (C=O) groups excluding carboxylic acids is 2. The van der Waals surface area contributed by atoms with E-state index in [4.69, 9.17) is 10.8 Å². The number of hydrogen-bond acceptors (Lipinski definition) is 5. The third-order valence-corrected chi connectivity index (χ3v) is 6.25. The molecular weight excluding hydrogens is 418 g/mol. The number of aliphatic imine (C=N–C) groups is 1. The van der Waals surface area contributed by atoms with Crippen LogP contribution in [-0.4, -0.2) is 84.3 Å². The smallest absolute Gasteiger partial charge is 0.234 e. The summed E-state index contributed by atoms with van der Waals surface area (Å²) >= 11 is 0. The molecule has 1 saturated heterocycles. The molecule has 1 saturated carbocycles. The van der Waals surface area contributed by atoms with Gasteiger partial charge >= 0.3 is 0 Å². The molecule has 0 atom stereocenters. The third kappa shape index (κ3) is 7.49. The van der Waals surface area contributed by atoms with Crippen LogP contribution in [0.5, 0.6) is 0 Å². The average molecular weight is 454 g/mol. The minimum atomic E-state index is 0.00426. The zero-order valence-corrected chi connectivity index (χ0v) is 19.6. The zero-order chi connectivity index (χ0) is 23.8. The van der Waals surface area contributed by atoms with E-state index in [0.717, 1.165) is 36.8 Å². The lowest BCUT2D eigenvalue weighted by Crippen LogP contribution is -2.52. The SMILES string of the molecule is CC(=O)NC1CCC(NC(=O)CN2CCN(C(=N)/N=C(\C=N)c3ccc(C)cc3)CC2)CC1. The molecule has 2 amide bonds. The number of carbonyl (C=O) groups is 2. The fourth-order valence-electron chi connectivity index (χ4n) is 4.35. The number of rotatable bonds is 6. The van der Waals surface area contributed by atoms with Crippen LogP contribution in [0.15, 0.2) is 29.3 Å². The van der Waals surface area contributed by atoms with E-state index in [2.05, 4.69) is 20.5 Å². The molecule has 178 valence electrons. The second kappa shape index (κ2) is 11.7. The fraction of sp³-hybridized carbons (Fsp3) is 0.542. The van der Waals surface area contributed by atoms with Gasteiger partial charge in [-0.1, -0.05) is 29.8 Å². The summed E-state index contributed by atoms with van der Waals surface area (Å²) in [6.07, 6.45) is 4.74. The number of benzene rings is 1. The Hall–Kier alpha value is -3.07. The molecule has 0 radical (unpaired) electrons. The van der Waals surface area contributed by atoms with Crippen LogP contribution in [0.3, 0.4) is 0 Å². The molecule has 33 heavy (non-hydrogen) atoms. The Kier molecular flexibility index (Phi) is 8.71. The normalized spacial score (nSPS) is 21.9. The Balaban J connectivity index is 1.41. The van der Waals surface area contributed by atoms with E-state index in [9.17, 15) is 9.59 Å². The number of nitrogens with zero attached hydrogens (tertiary/aromatic N) is 3. The van der Waals surface area contributed by atoms with E-state index >= 15 is 0 Å². The Bertz CT molecular complexity index is 881. The summed E-state index contributed by atoms with van der Waals surface area (Å²) in [5.41, 5.74) is 2.42. The van der Waals surface area contributed by atoms with Crippen molar-refractivity contribution in [2.45, 2.75) is 51.6 Å². The molecule has 2 fully saturated rings. The predicted molar refractivity (Wildman–Crippen MR) is 130 cm³/mol. The molecule has 0 spiro atoms. The zero-order valence-electron chi connectivity index (χ0n) is 19.6. The number of aryl methyl sites for hydroxylation is 1. The molecule has 0 aromatic heterocycles. The van der Waals surface area contributed by atoms with Gasteiger partial charge in [-0.25, -0.2) is 4.99 Å². The van der Waals surface area contributed by atoms with Gasteiger partial charge in [0, 0.05) is 57.0 Å². The van der Waals surface area contributed by atoms with Crippen molar-refractivity contribution >= 4 is 29.7 Å². The van der Waals surface area contributed by atoms with E-state index in [1.54, 1.807) is 0 Å². The standard InChI is InChI=1S/C24H35N7O2/c1-17-3-5-19(6-4-17)22(15-25)29-24(26)31-13-11-30(12-14-31)16-23(33)28-21-9-7-20(8-10-21)27-18(2)32/h3-6,15,20-21,25-26H,7-14,16H2,1-2H3,(H,27,32)(H,28,33)/b25-15?,26-24?,29-22+. The molecule has 1 heterocycles. The van der Waals surface area contributed by atoms with Gasteiger partial charge in [0.15, 0.2) is 0 Å². The molecule has 2 aliphatic rings. The van der Waals surface area contributed by atoms with E-state index in [1.165, 1.54) is 13.1 Å². The van der Waals surface area contributed by atoms with Gasteiger partial charge in [-0.15, -0.1) is 0 Å². The third-order valence-electron chi connectivity index (χ3n) is 6.25. The van der Waals surface area contributed by atoms with Gasteiger partial charge in [0.25, 0.3) is 0 Å². The molecule has 1 aliphatic heterocycles. The Morgan fingerprint density at radius 2 is 1.61 bits per heavy atom. The fourth-order valence-corrected chi connectivity index (χ4v) is 4.35. The van der Waals surface area contributed by atoms with E-state index in [-0.39, 0.29) is 29.9 Å². The summed E-state index contributed by atoms with van der Waals surface area (Å²) in [5, 5.41) is 22.1. The quantitative estimate of drug-likeness (QED) is 0.385. The lowest BCUT2D eigenvalue weighted by molar-refractivity contribution is -0.124. The van der Waals surface area contributed by atoms with Gasteiger partial charge in [0.1, 0.15) is 0 Å². The van der Waals surface area contributed by atoms with Gasteiger partial charge in [-0.2, -0.15) is 0 Å². The van der Waals surface area contributed by atoms with Crippen molar-refractivity contribution in [2.24, 2.45) is 4.99 Å². The van der Waals surface area contributed by atoms with Crippen LogP contribution in [0, 0.1) is 17.7 Å². The van der Waals surface area contributed by atoms with Crippen molar-refractivity contribution in [1.29, 1.82) is 10.8 Å². The molecule has 3 rings (SSSR count). The maximum atomic E-state index is 12.5. The Morgan fingerprint density at radius 1 is 1.03 bits per heavy atom. The van der Waals surface area contributed by atoms with Crippen molar-refractivity contribution in [1.82, 2.24) is 20.4 Å². The summed E-state index contributed by atoms with van der Waals surface area (Å²) in [6, 6.07) is 8.16. The highest BCUT2D eigenvalue weighted by Crippen LogP contribution is 2.18. The Morgan fingerprint density at radius 3 is 2.15 bits per heavy atom. The second-order valence-electron chi connectivity index (χ2n) is 8.91. The van der Waals surface area contributed by atoms with Crippen molar-refractivity contribution in [2.75, 3.05) is 32.7 Å². The summed E-state index contributed by atoms with van der Waals surface area (Å²) < 4.78 is 0. The van der Waals surface area contributed by atoms with Crippen LogP contribution in [0.2, 0.25) is 0 Å². The highest BCUT2D eigenvalue weighted by molar-refractivity contribution is 6.39. The highest BCUT2D eigenvalue weighted by atomic mass is 16.2. The minimum Gasteiger partial charge on any atom is -0.354 e. The van der Waals surface area contributed by atoms with E-state index in [0.29, 0.717) is 38.4 Å². The highest BCUT2D eigenvalue weighted by Gasteiger charge is 2.25. The summed E-state index contributed by atoms with van der Waals surface area (Å²) in [5.74, 6) is 0.184. The summed E-state index contributed by atoms with van der Waals surface area (Å²) in [6.45, 7) is 6.51. The van der Waals surface area contributed by atoms with Gasteiger partial charge in [-0.05, 0) is 32.6 Å². The topological polar surface area (TPSA) is 125 Å². The minimum absolute atomic E-state index is 0.00426. The molecule has 1 aromatic rings. The lowest BCUT2D eigenvalue weighted by Gasteiger charge is -2.35. The van der Waals surface area contributed by atoms with Gasteiger partial charge in [0.05, 0.1) is 12.3 Å². The number of nitrogens with one attached hydrogen (secondary N) is 4. The molecule has 0 bridgehead atoms. The van der Waals surface area contributed by atoms with Crippen molar-refractivity contribution in [3.8, 4) is 0 Å². The van der Waals surface area contributed by atoms with Crippen LogP contribution in [0.4, 0.5) is 0 Å². The largest absolute Gasteiger partial charge is 0.354 e. The summed E-state index contributed by atoms with van der Waals surface area (Å²) in [4.78, 5) is 32.0. The van der Waals surface area contributed by atoms with Crippen molar-refractivity contribution < 1.29 is 9.59 Å². The van der Waals surface area contributed by atoms with Crippen LogP contribution >= 0.6 is 0 Å². The predicted octanol–water partition coefficient (Wildman–Crippen LogP) is 1.55. The average Bonchev–Trinajstić information content (AvgIpc) is 2.79. The molecular formula is C24H35N7O2. The van der Waals surface area contributed by atoms with Gasteiger partial charge in [-0.3, -0.25) is 19.9 Å². The van der Waals surface area contributed by atoms with Gasteiger partial charge in [0.2, 0.25) is 17.8 Å². The number of amides is 2. The van der Waals surface area contributed by atoms with Crippen molar-refractivity contribution in [3.05, 3.63) is 35.4 Å².